The summed E-state index contributed by atoms with van der Waals surface area (Å²) in [5.74, 6) is -0.806. The van der Waals surface area contributed by atoms with Gasteiger partial charge >= 0.3 is 6.09 Å². The zero-order valence-electron chi connectivity index (χ0n) is 17.3. The molecule has 1 saturated heterocycles. The number of hydrogen-bond donors (Lipinski definition) is 5. The van der Waals surface area contributed by atoms with Crippen molar-refractivity contribution in [3.05, 3.63) is 35.9 Å². The molecule has 1 aromatic carbocycles. The molecule has 2 rings (SSSR count). The number of ether oxygens (including phenoxy) is 1. The molecule has 1 fully saturated rings. The van der Waals surface area contributed by atoms with Gasteiger partial charge in [0.15, 0.2) is 0 Å². The predicted molar refractivity (Wildman–Crippen MR) is 114 cm³/mol. The van der Waals surface area contributed by atoms with Crippen LogP contribution < -0.4 is 27.0 Å². The highest BCUT2D eigenvalue weighted by atomic mass is 16.5. The van der Waals surface area contributed by atoms with Gasteiger partial charge in [0.05, 0.1) is 12.6 Å². The van der Waals surface area contributed by atoms with Crippen LogP contribution in [0.15, 0.2) is 30.3 Å². The first kappa shape index (κ1) is 23.6. The molecule has 0 aliphatic carbocycles. The Hall–Kier alpha value is -2.65. The van der Waals surface area contributed by atoms with Crippen molar-refractivity contribution >= 4 is 17.9 Å². The van der Waals surface area contributed by atoms with E-state index < -0.39 is 18.0 Å². The third-order valence-electron chi connectivity index (χ3n) is 4.93. The predicted octanol–water partition coefficient (Wildman–Crippen LogP) is 0.395. The Morgan fingerprint density at radius 3 is 2.67 bits per heavy atom. The number of amides is 3. The van der Waals surface area contributed by atoms with Crippen molar-refractivity contribution in [2.45, 2.75) is 50.8 Å². The fourth-order valence-electron chi connectivity index (χ4n) is 3.28. The second-order valence-corrected chi connectivity index (χ2v) is 7.42. The normalized spacial score (nSPS) is 16.6. The number of carbonyl (C=O) groups excluding carboxylic acids is 3. The molecule has 0 saturated carbocycles. The molecule has 0 bridgehead atoms. The van der Waals surface area contributed by atoms with Crippen molar-refractivity contribution in [2.75, 3.05) is 26.2 Å². The van der Waals surface area contributed by atoms with Gasteiger partial charge in [0.2, 0.25) is 11.8 Å². The number of rotatable bonds is 13. The fourth-order valence-corrected chi connectivity index (χ4v) is 3.28. The van der Waals surface area contributed by atoms with Crippen molar-refractivity contribution < 1.29 is 19.1 Å². The van der Waals surface area contributed by atoms with E-state index in [9.17, 15) is 14.4 Å². The molecule has 6 N–H and O–H groups in total. The second-order valence-electron chi connectivity index (χ2n) is 7.42. The number of unbranched alkanes of at least 4 members (excludes halogenated alkanes) is 1. The smallest absolute Gasteiger partial charge is 0.407 e. The van der Waals surface area contributed by atoms with Gasteiger partial charge in [0, 0.05) is 19.1 Å². The van der Waals surface area contributed by atoms with Crippen molar-refractivity contribution in [2.24, 2.45) is 5.73 Å². The number of primary amides is 1. The van der Waals surface area contributed by atoms with Crippen molar-refractivity contribution in [1.29, 1.82) is 0 Å². The van der Waals surface area contributed by atoms with Gasteiger partial charge in [-0.15, -0.1) is 0 Å². The van der Waals surface area contributed by atoms with Crippen molar-refractivity contribution in [1.82, 2.24) is 21.3 Å². The molecule has 166 valence electrons. The van der Waals surface area contributed by atoms with Crippen LogP contribution in [0.5, 0.6) is 0 Å². The number of hydrogen-bond acceptors (Lipinski definition) is 6. The first-order valence-corrected chi connectivity index (χ1v) is 10.5. The highest BCUT2D eigenvalue weighted by molar-refractivity contribution is 5.86. The molecule has 1 aliphatic rings. The van der Waals surface area contributed by atoms with Gasteiger partial charge < -0.3 is 31.7 Å². The Bertz CT molecular complexity index is 665. The zero-order chi connectivity index (χ0) is 21.6. The van der Waals surface area contributed by atoms with Crippen LogP contribution in [0.2, 0.25) is 0 Å². The lowest BCUT2D eigenvalue weighted by atomic mass is 10.1. The van der Waals surface area contributed by atoms with Crippen LogP contribution in [0.1, 0.15) is 37.7 Å². The minimum atomic E-state index is -0.572. The molecular formula is C21H33N5O4. The number of carbonyl (C=O) groups is 3. The molecule has 2 atom stereocenters. The molecule has 1 heterocycles. The quantitative estimate of drug-likeness (QED) is 0.294. The lowest BCUT2D eigenvalue weighted by Crippen LogP contribution is -2.49. The minimum Gasteiger partial charge on any atom is -0.445 e. The van der Waals surface area contributed by atoms with Gasteiger partial charge in [0.1, 0.15) is 6.61 Å². The average Bonchev–Trinajstić information content (AvgIpc) is 3.26. The SMILES string of the molecule is NC(=O)CNC(=O)[C@H](CCCCNC(=O)OCc1ccccc1)NCC1CCCN1. The van der Waals surface area contributed by atoms with E-state index in [4.69, 9.17) is 10.5 Å². The first-order chi connectivity index (χ1) is 14.5. The Balaban J connectivity index is 1.64. The van der Waals surface area contributed by atoms with Gasteiger partial charge in [-0.25, -0.2) is 4.79 Å². The summed E-state index contributed by atoms with van der Waals surface area (Å²) >= 11 is 0. The highest BCUT2D eigenvalue weighted by Crippen LogP contribution is 2.06. The maximum Gasteiger partial charge on any atom is 0.407 e. The summed E-state index contributed by atoms with van der Waals surface area (Å²) in [7, 11) is 0. The summed E-state index contributed by atoms with van der Waals surface area (Å²) in [6.45, 7) is 2.21. The molecule has 1 unspecified atom stereocenters. The topological polar surface area (TPSA) is 135 Å². The molecule has 0 radical (unpaired) electrons. The van der Waals surface area contributed by atoms with E-state index in [1.165, 1.54) is 0 Å². The zero-order valence-corrected chi connectivity index (χ0v) is 17.3. The van der Waals surface area contributed by atoms with Crippen LogP contribution in [0.4, 0.5) is 4.79 Å². The van der Waals surface area contributed by atoms with Gasteiger partial charge in [-0.2, -0.15) is 0 Å². The maximum absolute atomic E-state index is 12.4. The van der Waals surface area contributed by atoms with E-state index in [0.717, 1.165) is 31.4 Å². The third-order valence-corrected chi connectivity index (χ3v) is 4.93. The van der Waals surface area contributed by atoms with E-state index in [0.29, 0.717) is 32.0 Å². The van der Waals surface area contributed by atoms with Gasteiger partial charge in [-0.05, 0) is 44.2 Å². The number of nitrogens with one attached hydrogen (secondary N) is 4. The monoisotopic (exact) mass is 419 g/mol. The number of benzene rings is 1. The molecule has 30 heavy (non-hydrogen) atoms. The van der Waals surface area contributed by atoms with E-state index in [1.54, 1.807) is 0 Å². The maximum atomic E-state index is 12.4. The van der Waals surface area contributed by atoms with Crippen molar-refractivity contribution in [3.8, 4) is 0 Å². The molecular weight excluding hydrogens is 386 g/mol. The van der Waals surface area contributed by atoms with Gasteiger partial charge in [-0.3, -0.25) is 9.59 Å². The van der Waals surface area contributed by atoms with Crippen LogP contribution >= 0.6 is 0 Å². The summed E-state index contributed by atoms with van der Waals surface area (Å²) in [6.07, 6.45) is 3.80. The Kier molecular flexibility index (Phi) is 10.7. The lowest BCUT2D eigenvalue weighted by molar-refractivity contribution is -0.126. The molecule has 9 heteroatoms. The Labute approximate surface area is 177 Å². The second kappa shape index (κ2) is 13.6. The molecule has 3 amide bonds. The molecule has 0 aromatic heterocycles. The summed E-state index contributed by atoms with van der Waals surface area (Å²) < 4.78 is 5.17. The average molecular weight is 420 g/mol. The molecule has 1 aliphatic heterocycles. The van der Waals surface area contributed by atoms with E-state index in [-0.39, 0.29) is 19.1 Å². The van der Waals surface area contributed by atoms with Crippen LogP contribution in [0.25, 0.3) is 0 Å². The summed E-state index contributed by atoms with van der Waals surface area (Å²) in [6, 6.07) is 9.43. The van der Waals surface area contributed by atoms with Gasteiger partial charge in [0.25, 0.3) is 0 Å². The molecule has 0 spiro atoms. The standard InChI is InChI=1S/C21H33N5O4/c22-19(27)14-26-20(28)18(25-13-17-9-6-12-23-17)10-4-5-11-24-21(29)30-15-16-7-2-1-3-8-16/h1-3,7-8,17-18,23,25H,4-6,9-15H2,(H2,22,27)(H,24,29)(H,26,28)/t17?,18-/m0/s1. The van der Waals surface area contributed by atoms with Gasteiger partial charge in [-0.1, -0.05) is 30.3 Å². The van der Waals surface area contributed by atoms with Crippen LogP contribution in [0, 0.1) is 0 Å². The summed E-state index contributed by atoms with van der Waals surface area (Å²) in [4.78, 5) is 35.0. The Morgan fingerprint density at radius 1 is 1.17 bits per heavy atom. The lowest BCUT2D eigenvalue weighted by Gasteiger charge is -2.20. The molecule has 1 aromatic rings. The minimum absolute atomic E-state index is 0.173. The van der Waals surface area contributed by atoms with Crippen LogP contribution in [-0.2, 0) is 20.9 Å². The first-order valence-electron chi connectivity index (χ1n) is 10.5. The van der Waals surface area contributed by atoms with E-state index >= 15 is 0 Å². The number of alkyl carbamates (subject to hydrolysis) is 1. The third kappa shape index (κ3) is 9.71. The van der Waals surface area contributed by atoms with Crippen molar-refractivity contribution in [3.63, 3.8) is 0 Å². The van der Waals surface area contributed by atoms with E-state index in [1.807, 2.05) is 30.3 Å². The summed E-state index contributed by atoms with van der Waals surface area (Å²) in [5, 5.41) is 12.0. The Morgan fingerprint density at radius 2 is 1.97 bits per heavy atom. The van der Waals surface area contributed by atoms with E-state index in [2.05, 4.69) is 21.3 Å². The summed E-state index contributed by atoms with van der Waals surface area (Å²) in [5.41, 5.74) is 6.04. The van der Waals surface area contributed by atoms with Crippen LogP contribution in [0.3, 0.4) is 0 Å². The molecule has 9 nitrogen and oxygen atoms in total. The highest BCUT2D eigenvalue weighted by Gasteiger charge is 2.21. The fraction of sp³-hybridized carbons (Fsp3) is 0.571. The largest absolute Gasteiger partial charge is 0.445 e. The number of nitrogens with two attached hydrogens (primary N) is 1. The van der Waals surface area contributed by atoms with Crippen LogP contribution in [-0.4, -0.2) is 56.2 Å².